The lowest BCUT2D eigenvalue weighted by Crippen LogP contribution is -2.57. The number of ether oxygens (including phenoxy) is 1. The first-order valence-electron chi connectivity index (χ1n) is 9.71. The highest BCUT2D eigenvalue weighted by Gasteiger charge is 2.70. The molecule has 0 radical (unpaired) electrons. The van der Waals surface area contributed by atoms with Gasteiger partial charge in [0, 0.05) is 17.3 Å². The molecule has 1 N–H and O–H groups in total. The molecular formula is C21H26O4. The molecule has 1 aliphatic heterocycles. The van der Waals surface area contributed by atoms with E-state index in [9.17, 15) is 14.7 Å². The second-order valence-corrected chi connectivity index (χ2v) is 9.13. The predicted molar refractivity (Wildman–Crippen MR) is 91.4 cm³/mol. The number of carbonyl (C=O) groups is 2. The fraction of sp³-hybridized carbons (Fsp3) is 0.714. The first-order valence-corrected chi connectivity index (χ1v) is 9.71. The second-order valence-electron chi connectivity index (χ2n) is 9.13. The summed E-state index contributed by atoms with van der Waals surface area (Å²) in [5.74, 6) is 0.982. The molecular weight excluding hydrogens is 316 g/mol. The Morgan fingerprint density at radius 2 is 1.96 bits per heavy atom. The van der Waals surface area contributed by atoms with Crippen molar-refractivity contribution in [2.24, 2.45) is 34.5 Å². The summed E-state index contributed by atoms with van der Waals surface area (Å²) in [4.78, 5) is 24.7. The van der Waals surface area contributed by atoms with E-state index in [1.807, 2.05) is 13.0 Å². The van der Waals surface area contributed by atoms with Gasteiger partial charge in [0.2, 0.25) is 0 Å². The molecule has 4 heteroatoms. The van der Waals surface area contributed by atoms with Crippen LogP contribution in [0, 0.1) is 34.5 Å². The molecule has 0 aromatic heterocycles. The van der Waals surface area contributed by atoms with E-state index in [0.717, 1.165) is 31.3 Å². The molecule has 1 saturated heterocycles. The van der Waals surface area contributed by atoms with Crippen LogP contribution in [-0.4, -0.2) is 29.1 Å². The van der Waals surface area contributed by atoms with Gasteiger partial charge in [0.15, 0.2) is 5.78 Å². The van der Waals surface area contributed by atoms with Gasteiger partial charge < -0.3 is 9.84 Å². The van der Waals surface area contributed by atoms with Crippen LogP contribution in [0.15, 0.2) is 23.8 Å². The van der Waals surface area contributed by atoms with E-state index in [1.165, 1.54) is 0 Å². The van der Waals surface area contributed by atoms with Crippen LogP contribution < -0.4 is 0 Å². The molecule has 0 bridgehead atoms. The van der Waals surface area contributed by atoms with Gasteiger partial charge in [-0.05, 0) is 63.0 Å². The van der Waals surface area contributed by atoms with Crippen molar-refractivity contribution in [1.29, 1.82) is 0 Å². The van der Waals surface area contributed by atoms with Gasteiger partial charge >= 0.3 is 5.97 Å². The molecule has 8 unspecified atom stereocenters. The fourth-order valence-corrected chi connectivity index (χ4v) is 7.41. The molecule has 0 amide bonds. The zero-order chi connectivity index (χ0) is 17.6. The average molecular weight is 342 g/mol. The van der Waals surface area contributed by atoms with Crippen molar-refractivity contribution < 1.29 is 19.4 Å². The molecule has 0 aromatic rings. The summed E-state index contributed by atoms with van der Waals surface area (Å²) in [5, 5.41) is 11.2. The summed E-state index contributed by atoms with van der Waals surface area (Å²) in [6.07, 6.45) is 9.38. The van der Waals surface area contributed by atoms with E-state index in [0.29, 0.717) is 18.3 Å². The maximum absolute atomic E-state index is 12.8. The van der Waals surface area contributed by atoms with E-state index in [4.69, 9.17) is 4.74 Å². The van der Waals surface area contributed by atoms with Crippen molar-refractivity contribution in [3.8, 4) is 0 Å². The number of ketones is 1. The van der Waals surface area contributed by atoms with Gasteiger partial charge in [-0.1, -0.05) is 18.6 Å². The highest BCUT2D eigenvalue weighted by atomic mass is 16.6. The van der Waals surface area contributed by atoms with Crippen LogP contribution in [-0.2, 0) is 14.3 Å². The van der Waals surface area contributed by atoms with E-state index in [1.54, 1.807) is 12.2 Å². The topological polar surface area (TPSA) is 63.6 Å². The number of aliphatic hydroxyl groups excluding tert-OH is 1. The van der Waals surface area contributed by atoms with Crippen molar-refractivity contribution in [3.63, 3.8) is 0 Å². The first kappa shape index (κ1) is 15.8. The minimum absolute atomic E-state index is 0.0249. The number of aliphatic hydroxyl groups is 1. The minimum atomic E-state index is -0.522. The molecule has 3 saturated carbocycles. The predicted octanol–water partition coefficient (Wildman–Crippen LogP) is 2.81. The highest BCUT2D eigenvalue weighted by Crippen LogP contribution is 2.68. The molecule has 4 fully saturated rings. The zero-order valence-corrected chi connectivity index (χ0v) is 14.9. The normalized spacial score (nSPS) is 53.5. The van der Waals surface area contributed by atoms with Crippen molar-refractivity contribution in [2.75, 3.05) is 0 Å². The number of allylic oxidation sites excluding steroid dienone is 4. The van der Waals surface area contributed by atoms with E-state index in [-0.39, 0.29) is 35.1 Å². The second kappa shape index (κ2) is 4.85. The van der Waals surface area contributed by atoms with Crippen LogP contribution in [0.5, 0.6) is 0 Å². The molecule has 4 aliphatic carbocycles. The summed E-state index contributed by atoms with van der Waals surface area (Å²) in [6.45, 7) is 4.18. The summed E-state index contributed by atoms with van der Waals surface area (Å²) in [7, 11) is 0. The SMILES string of the molecule is CC1OC(=O)C23CC(O)C4C(CCC5=CC(=O)C=CC54C)C2CCC13. The quantitative estimate of drug-likeness (QED) is 0.688. The fourth-order valence-electron chi connectivity index (χ4n) is 7.41. The van der Waals surface area contributed by atoms with Crippen LogP contribution in [0.25, 0.3) is 0 Å². The number of cyclic esters (lactones) is 1. The molecule has 25 heavy (non-hydrogen) atoms. The van der Waals surface area contributed by atoms with Gasteiger partial charge in [0.1, 0.15) is 6.10 Å². The van der Waals surface area contributed by atoms with Crippen LogP contribution in [0.3, 0.4) is 0 Å². The largest absolute Gasteiger partial charge is 0.462 e. The Labute approximate surface area is 148 Å². The molecule has 0 aromatic carbocycles. The third-order valence-corrected chi connectivity index (χ3v) is 8.33. The maximum atomic E-state index is 12.8. The van der Waals surface area contributed by atoms with Gasteiger partial charge in [0.05, 0.1) is 11.5 Å². The standard InChI is InChI=1S/C21H26O4/c1-11-15-5-6-16-14-4-3-12-9-13(22)7-8-20(12,2)18(14)17(23)10-21(15,16)19(24)25-11/h7-9,11,14-18,23H,3-6,10H2,1-2H3. The van der Waals surface area contributed by atoms with Gasteiger partial charge in [-0.3, -0.25) is 9.59 Å². The van der Waals surface area contributed by atoms with Crippen LogP contribution in [0.4, 0.5) is 0 Å². The lowest BCUT2D eigenvalue weighted by molar-refractivity contribution is -0.165. The van der Waals surface area contributed by atoms with Gasteiger partial charge in [-0.25, -0.2) is 0 Å². The van der Waals surface area contributed by atoms with E-state index < -0.39 is 11.5 Å². The highest BCUT2D eigenvalue weighted by molar-refractivity contribution is 6.01. The van der Waals surface area contributed by atoms with Crippen molar-refractivity contribution >= 4 is 11.8 Å². The number of hydrogen-bond acceptors (Lipinski definition) is 4. The third-order valence-electron chi connectivity index (χ3n) is 8.33. The number of fused-ring (bicyclic) bond motifs is 4. The summed E-state index contributed by atoms with van der Waals surface area (Å²) in [6, 6.07) is 0. The van der Waals surface area contributed by atoms with Crippen molar-refractivity contribution in [1.82, 2.24) is 0 Å². The third kappa shape index (κ3) is 1.77. The molecule has 5 aliphatic rings. The lowest BCUT2D eigenvalue weighted by atomic mass is 9.46. The van der Waals surface area contributed by atoms with Crippen LogP contribution >= 0.6 is 0 Å². The van der Waals surface area contributed by atoms with Crippen molar-refractivity contribution in [2.45, 2.75) is 58.2 Å². The maximum Gasteiger partial charge on any atom is 0.313 e. The van der Waals surface area contributed by atoms with Gasteiger partial charge in [0.25, 0.3) is 0 Å². The minimum Gasteiger partial charge on any atom is -0.462 e. The molecule has 1 heterocycles. The summed E-state index contributed by atoms with van der Waals surface area (Å²) >= 11 is 0. The molecule has 8 atom stereocenters. The Kier molecular flexibility index (Phi) is 3.06. The monoisotopic (exact) mass is 342 g/mol. The summed E-state index contributed by atoms with van der Waals surface area (Å²) in [5.41, 5.74) is 0.434. The Morgan fingerprint density at radius 3 is 2.76 bits per heavy atom. The molecule has 134 valence electrons. The first-order chi connectivity index (χ1) is 11.9. The lowest BCUT2D eigenvalue weighted by Gasteiger charge is -2.57. The Balaban J connectivity index is 1.59. The average Bonchev–Trinajstić information content (AvgIpc) is 3.04. The Morgan fingerprint density at radius 1 is 1.20 bits per heavy atom. The van der Waals surface area contributed by atoms with E-state index in [2.05, 4.69) is 6.92 Å². The zero-order valence-electron chi connectivity index (χ0n) is 14.9. The van der Waals surface area contributed by atoms with Crippen LogP contribution in [0.1, 0.15) is 46.0 Å². The molecule has 5 rings (SSSR count). The van der Waals surface area contributed by atoms with Gasteiger partial charge in [-0.15, -0.1) is 0 Å². The number of carbonyl (C=O) groups excluding carboxylic acids is 2. The smallest absolute Gasteiger partial charge is 0.313 e. The Hall–Kier alpha value is -1.42. The summed E-state index contributed by atoms with van der Waals surface area (Å²) < 4.78 is 5.64. The number of rotatable bonds is 0. The van der Waals surface area contributed by atoms with Crippen molar-refractivity contribution in [3.05, 3.63) is 23.8 Å². The molecule has 4 nitrogen and oxygen atoms in total. The molecule has 1 spiro atoms. The van der Waals surface area contributed by atoms with E-state index >= 15 is 0 Å². The van der Waals surface area contributed by atoms with Gasteiger partial charge in [-0.2, -0.15) is 0 Å². The number of hydrogen-bond donors (Lipinski definition) is 1. The number of esters is 1. The Bertz CT molecular complexity index is 721. The van der Waals surface area contributed by atoms with Crippen LogP contribution in [0.2, 0.25) is 0 Å².